The fourth-order valence-corrected chi connectivity index (χ4v) is 9.55. The maximum absolute atomic E-state index is 13.4. The van der Waals surface area contributed by atoms with Gasteiger partial charge in [-0.05, 0) is 140 Å². The second kappa shape index (κ2) is 17.5. The molecule has 10 nitrogen and oxygen atoms in total. The van der Waals surface area contributed by atoms with Crippen LogP contribution in [0.1, 0.15) is 59.8 Å². The number of aryl methyl sites for hydroxylation is 2. The van der Waals surface area contributed by atoms with Crippen molar-refractivity contribution >= 4 is 49.4 Å². The Bertz CT molecular complexity index is 2390. The second-order valence-electron chi connectivity index (χ2n) is 12.9. The van der Waals surface area contributed by atoms with Crippen LogP contribution >= 0.6 is 10.7 Å². The lowest BCUT2D eigenvalue weighted by Gasteiger charge is -2.26. The minimum absolute atomic E-state index is 0.0133. The van der Waals surface area contributed by atoms with Crippen molar-refractivity contribution in [2.75, 3.05) is 25.6 Å². The van der Waals surface area contributed by atoms with E-state index < -0.39 is 50.4 Å². The fourth-order valence-electron chi connectivity index (χ4n) is 6.37. The number of hydrogen-bond acceptors (Lipinski definition) is 9. The van der Waals surface area contributed by atoms with E-state index in [0.29, 0.717) is 19.0 Å². The van der Waals surface area contributed by atoms with E-state index >= 15 is 0 Å². The average molecular weight is 831 g/mol. The summed E-state index contributed by atoms with van der Waals surface area (Å²) in [5.74, 6) is -0.841. The summed E-state index contributed by atoms with van der Waals surface area (Å²) in [5, 5.41) is 0. The normalized spacial score (nSPS) is 17.2. The Morgan fingerprint density at radius 3 is 1.43 bits per heavy atom. The van der Waals surface area contributed by atoms with Crippen LogP contribution in [0.25, 0.3) is 0 Å². The van der Waals surface area contributed by atoms with Crippen molar-refractivity contribution < 1.29 is 42.5 Å². The van der Waals surface area contributed by atoms with Crippen LogP contribution in [-0.4, -0.2) is 59.3 Å². The number of fused-ring (bicyclic) bond motifs is 2. The highest BCUT2D eigenvalue weighted by Crippen LogP contribution is 2.35. The Hall–Kier alpha value is -3.25. The summed E-state index contributed by atoms with van der Waals surface area (Å²) in [6, 6.07) is 20.1. The van der Waals surface area contributed by atoms with E-state index in [0.717, 1.165) is 85.4 Å². The number of sulfonamides is 1. The zero-order chi connectivity index (χ0) is 39.2. The molecule has 0 aliphatic heterocycles. The third kappa shape index (κ3) is 11.9. The molecule has 0 aromatic heterocycles. The molecule has 0 bridgehead atoms. The van der Waals surface area contributed by atoms with Gasteiger partial charge in [0, 0.05) is 17.2 Å². The molecule has 4 aromatic carbocycles. The van der Waals surface area contributed by atoms with Gasteiger partial charge in [-0.2, -0.15) is 0 Å². The van der Waals surface area contributed by atoms with Gasteiger partial charge >= 0.3 is 0 Å². The van der Waals surface area contributed by atoms with Gasteiger partial charge in [0.05, 0.1) is 32.1 Å². The predicted octanol–water partition coefficient (Wildman–Crippen LogP) is 5.85. The molecule has 17 heteroatoms. The van der Waals surface area contributed by atoms with E-state index in [1.54, 1.807) is 24.3 Å². The van der Waals surface area contributed by atoms with Crippen molar-refractivity contribution in [1.29, 1.82) is 0 Å². The standard InChI is InChI=1S/C18H20FNO4S2.C17H18FNO2S.CH3ClO2S/c1-25(21,22)20-12-14-5-2-4-13-10-17(8-9-18(13)14)26(23,24)16-7-3-6-15(19)11-16;18-14-5-2-6-15(10-14)22(20,21)16-7-8-17-12(9-16)3-1-4-13(17)11-19;1-5(2,3)4/h3,6-11,14,20H,2,4-5,12H2,1H3;2,5-10,13H,1,3-4,11,19H2;1H3/t14-;13-;/m00./s1. The Morgan fingerprint density at radius 2 is 1.04 bits per heavy atom. The molecule has 3 N–H and O–H groups in total. The first kappa shape index (κ1) is 42.5. The van der Waals surface area contributed by atoms with Gasteiger partial charge < -0.3 is 5.73 Å². The first-order chi connectivity index (χ1) is 24.7. The predicted molar refractivity (Wildman–Crippen MR) is 201 cm³/mol. The summed E-state index contributed by atoms with van der Waals surface area (Å²) in [4.78, 5) is 0.246. The van der Waals surface area contributed by atoms with E-state index in [1.165, 1.54) is 42.5 Å². The number of benzene rings is 4. The lowest BCUT2D eigenvalue weighted by atomic mass is 9.83. The van der Waals surface area contributed by atoms with Crippen LogP contribution < -0.4 is 10.5 Å². The van der Waals surface area contributed by atoms with Crippen LogP contribution in [0.3, 0.4) is 0 Å². The molecule has 0 unspecified atom stereocenters. The van der Waals surface area contributed by atoms with E-state index in [1.807, 2.05) is 6.07 Å². The van der Waals surface area contributed by atoms with Gasteiger partial charge in [0.1, 0.15) is 11.6 Å². The highest BCUT2D eigenvalue weighted by atomic mass is 35.7. The smallest absolute Gasteiger partial charge is 0.229 e. The first-order valence-electron chi connectivity index (χ1n) is 16.5. The number of halogens is 3. The van der Waals surface area contributed by atoms with Gasteiger partial charge in [-0.3, -0.25) is 0 Å². The average Bonchev–Trinajstić information content (AvgIpc) is 3.09. The monoisotopic (exact) mass is 830 g/mol. The highest BCUT2D eigenvalue weighted by Gasteiger charge is 2.26. The van der Waals surface area contributed by atoms with Crippen molar-refractivity contribution in [1.82, 2.24) is 4.72 Å². The lowest BCUT2D eigenvalue weighted by Crippen LogP contribution is -2.29. The summed E-state index contributed by atoms with van der Waals surface area (Å²) in [6.07, 6.45) is 7.38. The molecule has 53 heavy (non-hydrogen) atoms. The third-order valence-corrected chi connectivity index (χ3v) is 13.0. The van der Waals surface area contributed by atoms with Crippen LogP contribution in [0.4, 0.5) is 8.78 Å². The molecule has 4 aromatic rings. The third-order valence-electron chi connectivity index (χ3n) is 8.82. The minimum atomic E-state index is -3.80. The van der Waals surface area contributed by atoms with E-state index in [9.17, 15) is 42.5 Å². The molecule has 2 aliphatic rings. The topological polar surface area (TPSA) is 175 Å². The molecule has 6 rings (SSSR count). The second-order valence-corrected chi connectivity index (χ2v) is 21.6. The SMILES string of the molecule is CS(=O)(=O)Cl.CS(=O)(=O)NC[C@@H]1CCCc2cc(S(=O)(=O)c3cccc(F)c3)ccc21.NC[C@@H]1CCCc2cc(S(=O)(=O)c3cccc(F)c3)ccc21. The first-order valence-corrected chi connectivity index (χ1v) is 24.1. The molecule has 288 valence electrons. The van der Waals surface area contributed by atoms with Crippen LogP contribution in [0, 0.1) is 11.6 Å². The summed E-state index contributed by atoms with van der Waals surface area (Å²) < 4.78 is 121. The Kier molecular flexibility index (Phi) is 14.0. The molecule has 0 radical (unpaired) electrons. The van der Waals surface area contributed by atoms with E-state index in [-0.39, 0.29) is 25.5 Å². The molecule has 0 saturated carbocycles. The highest BCUT2D eigenvalue weighted by molar-refractivity contribution is 8.13. The van der Waals surface area contributed by atoms with Gasteiger partial charge in [0.25, 0.3) is 0 Å². The minimum Gasteiger partial charge on any atom is -0.330 e. The number of sulfone groups is 2. The van der Waals surface area contributed by atoms with Crippen molar-refractivity contribution in [3.8, 4) is 0 Å². The molecular weight excluding hydrogens is 790 g/mol. The summed E-state index contributed by atoms with van der Waals surface area (Å²) in [5.41, 5.74) is 9.84. The summed E-state index contributed by atoms with van der Waals surface area (Å²) in [6.45, 7) is 0.866. The molecule has 2 aliphatic carbocycles. The largest absolute Gasteiger partial charge is 0.330 e. The number of hydrogen-bond donors (Lipinski definition) is 2. The Labute approximate surface area is 315 Å². The van der Waals surface area contributed by atoms with Gasteiger partial charge in [0.15, 0.2) is 0 Å². The van der Waals surface area contributed by atoms with Gasteiger partial charge in [0.2, 0.25) is 38.7 Å². The van der Waals surface area contributed by atoms with Crippen molar-refractivity contribution in [3.63, 3.8) is 0 Å². The summed E-state index contributed by atoms with van der Waals surface area (Å²) >= 11 is 0. The molecule has 0 heterocycles. The van der Waals surface area contributed by atoms with Crippen molar-refractivity contribution in [2.24, 2.45) is 5.73 Å². The Morgan fingerprint density at radius 1 is 0.642 bits per heavy atom. The van der Waals surface area contributed by atoms with Gasteiger partial charge in [-0.25, -0.2) is 47.2 Å². The zero-order valence-electron chi connectivity index (χ0n) is 29.0. The van der Waals surface area contributed by atoms with E-state index in [2.05, 4.69) is 15.4 Å². The molecule has 0 amide bonds. The van der Waals surface area contributed by atoms with E-state index in [4.69, 9.17) is 5.73 Å². The van der Waals surface area contributed by atoms with Crippen molar-refractivity contribution in [2.45, 2.75) is 69.9 Å². The Balaban J connectivity index is 0.000000212. The molecule has 0 saturated heterocycles. The summed E-state index contributed by atoms with van der Waals surface area (Å²) in [7, 11) is -9.46. The molecule has 0 spiro atoms. The fraction of sp³-hybridized carbons (Fsp3) is 0.333. The van der Waals surface area contributed by atoms with Crippen LogP contribution in [-0.2, 0) is 51.6 Å². The van der Waals surface area contributed by atoms with Crippen LogP contribution in [0.15, 0.2) is 105 Å². The zero-order valence-corrected chi connectivity index (χ0v) is 33.0. The number of nitrogens with two attached hydrogens (primary N) is 1. The quantitative estimate of drug-likeness (QED) is 0.207. The maximum Gasteiger partial charge on any atom is 0.229 e. The lowest BCUT2D eigenvalue weighted by molar-refractivity contribution is 0.530. The van der Waals surface area contributed by atoms with Crippen LogP contribution in [0.5, 0.6) is 0 Å². The maximum atomic E-state index is 13.4. The number of rotatable bonds is 8. The number of nitrogens with one attached hydrogen (secondary N) is 1. The van der Waals surface area contributed by atoms with Gasteiger partial charge in [-0.1, -0.05) is 24.3 Å². The molecule has 2 atom stereocenters. The molecule has 0 fully saturated rings. The van der Waals surface area contributed by atoms with Crippen LogP contribution in [0.2, 0.25) is 0 Å². The van der Waals surface area contributed by atoms with Gasteiger partial charge in [-0.15, -0.1) is 0 Å². The van der Waals surface area contributed by atoms with Crippen molar-refractivity contribution in [3.05, 3.63) is 119 Å². The molecular formula is C36H41ClF2N2O8S4.